The van der Waals surface area contributed by atoms with E-state index in [0.717, 1.165) is 50.7 Å². The van der Waals surface area contributed by atoms with E-state index in [-0.39, 0.29) is 40.4 Å². The second-order valence-corrected chi connectivity index (χ2v) is 20.2. The molecular weight excluding hydrogens is 872 g/mol. The maximum atomic E-state index is 13.3. The van der Waals surface area contributed by atoms with E-state index in [9.17, 15) is 34.8 Å². The van der Waals surface area contributed by atoms with E-state index in [2.05, 4.69) is 32.2 Å². The molecule has 0 spiro atoms. The molecule has 0 radical (unpaired) electrons. The zero-order chi connectivity index (χ0) is 45.3. The number of carbonyl (C=O) groups is 1. The van der Waals surface area contributed by atoms with E-state index in [1.807, 2.05) is 36.7 Å². The highest BCUT2D eigenvalue weighted by atomic mass is 32.2. The zero-order valence-electron chi connectivity index (χ0n) is 35.1. The van der Waals surface area contributed by atoms with Gasteiger partial charge in [-0.3, -0.25) is 8.80 Å². The molecule has 0 bridgehead atoms. The van der Waals surface area contributed by atoms with Crippen molar-refractivity contribution in [2.45, 2.75) is 55.5 Å². The number of nitrogens with zero attached hydrogens (tertiary/aromatic N) is 9. The van der Waals surface area contributed by atoms with Gasteiger partial charge in [0.05, 0.1) is 33.2 Å². The largest absolute Gasteiger partial charge is 0.405 e. The molecule has 4 atom stereocenters. The average Bonchev–Trinajstić information content (AvgIpc) is 4.11. The zero-order valence-corrected chi connectivity index (χ0v) is 36.7. The molecule has 2 aromatic carbocycles. The van der Waals surface area contributed by atoms with Crippen LogP contribution in [-0.4, -0.2) is 103 Å². The van der Waals surface area contributed by atoms with Crippen molar-refractivity contribution in [1.29, 1.82) is 0 Å². The maximum Gasteiger partial charge on any atom is 0.405 e. The molecule has 0 saturated carbocycles. The van der Waals surface area contributed by atoms with Crippen LogP contribution in [0.4, 0.5) is 18.0 Å². The predicted octanol–water partition coefficient (Wildman–Crippen LogP) is 6.09. The SMILES string of the molecule is Cc1ccc(S(=O)(=O)n2ccc3c2ncc2ncc([C@H]4CN(C(=O)NCC(F)(F)F)C[C@H]4C)n23)cc1.Cc1ccc(S(=O)(=O)n2ccc3c2ncc2ncc([C@H]4CNC[C@H]4C)n23)cc1. The number of hydrogen-bond acceptors (Lipinski definition) is 10. The quantitative estimate of drug-likeness (QED) is 0.190. The van der Waals surface area contributed by atoms with Gasteiger partial charge in [0.2, 0.25) is 0 Å². The number of fused-ring (bicyclic) bond motifs is 6. The van der Waals surface area contributed by atoms with Gasteiger partial charge in [-0.25, -0.2) is 49.5 Å². The van der Waals surface area contributed by atoms with Crippen molar-refractivity contribution in [3.05, 3.63) is 120 Å². The third kappa shape index (κ3) is 7.63. The van der Waals surface area contributed by atoms with Crippen molar-refractivity contribution in [3.8, 4) is 0 Å². The number of alkyl halides is 3. The lowest BCUT2D eigenvalue weighted by atomic mass is 9.95. The van der Waals surface area contributed by atoms with Crippen LogP contribution in [0.1, 0.15) is 48.2 Å². The summed E-state index contributed by atoms with van der Waals surface area (Å²) in [6.07, 6.45) is 5.15. The van der Waals surface area contributed by atoms with E-state index >= 15 is 0 Å². The van der Waals surface area contributed by atoms with Crippen LogP contribution < -0.4 is 10.6 Å². The molecule has 2 fully saturated rings. The van der Waals surface area contributed by atoms with Gasteiger partial charge in [-0.1, -0.05) is 49.2 Å². The number of imidazole rings is 2. The molecule has 6 aromatic heterocycles. The molecule has 64 heavy (non-hydrogen) atoms. The van der Waals surface area contributed by atoms with Crippen molar-refractivity contribution in [2.75, 3.05) is 32.7 Å². The standard InChI is InChI=1S/C23H23F3N6O3S.C20H21N5O2S/c1-14-3-5-16(6-4-14)36(34,35)31-8-7-18-21(31)28-10-20-27-9-19(32(18)20)17-12-30(11-15(17)2)22(33)29-13-23(24,25)26;1-13-3-5-15(6-4-13)28(26,27)24-8-7-17-20(24)23-12-19-22-11-18(25(17)19)16-10-21-9-14(16)2/h3-10,15,17H,11-13H2,1-2H3,(H,29,33);3-8,11-12,14,16,21H,9-10H2,1-2H3/t15-,17+;14-,16+/m11/s1. The first-order valence-corrected chi connectivity index (χ1v) is 23.4. The summed E-state index contributed by atoms with van der Waals surface area (Å²) in [4.78, 5) is 31.7. The highest BCUT2D eigenvalue weighted by Gasteiger charge is 2.37. The molecule has 2 N–H and O–H groups in total. The van der Waals surface area contributed by atoms with Gasteiger partial charge in [-0.05, 0) is 68.6 Å². The minimum atomic E-state index is -4.49. The summed E-state index contributed by atoms with van der Waals surface area (Å²) in [6.45, 7) is 8.86. The monoisotopic (exact) mass is 915 g/mol. The number of carbonyl (C=O) groups excluding carboxylic acids is 1. The van der Waals surface area contributed by atoms with Crippen LogP contribution >= 0.6 is 0 Å². The Bertz CT molecular complexity index is 3290. The summed E-state index contributed by atoms with van der Waals surface area (Å²) in [7, 11) is -7.63. The van der Waals surface area contributed by atoms with Gasteiger partial charge in [0.1, 0.15) is 6.54 Å². The molecular formula is C43H44F3N11O5S2. The third-order valence-corrected chi connectivity index (χ3v) is 15.5. The van der Waals surface area contributed by atoms with Crippen LogP contribution in [0, 0.1) is 25.7 Å². The van der Waals surface area contributed by atoms with Crippen molar-refractivity contribution in [1.82, 2.24) is 52.2 Å². The summed E-state index contributed by atoms with van der Waals surface area (Å²) in [6, 6.07) is 16.0. The van der Waals surface area contributed by atoms with E-state index in [1.54, 1.807) is 71.5 Å². The fraction of sp³-hybridized carbons (Fsp3) is 0.326. The molecule has 10 rings (SSSR count). The van der Waals surface area contributed by atoms with E-state index in [4.69, 9.17) is 0 Å². The fourth-order valence-corrected chi connectivity index (χ4v) is 11.3. The lowest BCUT2D eigenvalue weighted by molar-refractivity contribution is -0.123. The van der Waals surface area contributed by atoms with Crippen molar-refractivity contribution in [3.63, 3.8) is 0 Å². The highest BCUT2D eigenvalue weighted by molar-refractivity contribution is 7.90. The molecule has 0 aliphatic carbocycles. The summed E-state index contributed by atoms with van der Waals surface area (Å²) in [5.41, 5.74) is 6.87. The molecule has 2 saturated heterocycles. The Labute approximate surface area is 365 Å². The minimum absolute atomic E-state index is 0.0665. The van der Waals surface area contributed by atoms with Gasteiger partial charge in [0, 0.05) is 67.6 Å². The third-order valence-electron chi connectivity index (χ3n) is 12.1. The topological polar surface area (TPSA) is 183 Å². The first-order chi connectivity index (χ1) is 30.4. The first kappa shape index (κ1) is 43.0. The van der Waals surface area contributed by atoms with Gasteiger partial charge in [0.25, 0.3) is 20.0 Å². The number of halogens is 3. The number of amides is 2. The van der Waals surface area contributed by atoms with E-state index < -0.39 is 38.8 Å². The Hall–Kier alpha value is -6.32. The van der Waals surface area contributed by atoms with Gasteiger partial charge in [-0.15, -0.1) is 0 Å². The van der Waals surface area contributed by atoms with E-state index in [1.165, 1.54) is 33.4 Å². The minimum Gasteiger partial charge on any atom is -0.329 e. The molecule has 0 unspecified atom stereocenters. The molecule has 8 aromatic rings. The predicted molar refractivity (Wildman–Crippen MR) is 232 cm³/mol. The number of likely N-dealkylation sites (tertiary alicyclic amines) is 1. The number of urea groups is 1. The number of aryl methyl sites for hydroxylation is 2. The van der Waals surface area contributed by atoms with Crippen LogP contribution in [-0.2, 0) is 20.0 Å². The molecule has 2 aliphatic rings. The Morgan fingerprint density at radius 2 is 1.16 bits per heavy atom. The van der Waals surface area contributed by atoms with Crippen molar-refractivity contribution < 1.29 is 34.8 Å². The smallest absolute Gasteiger partial charge is 0.329 e. The summed E-state index contributed by atoms with van der Waals surface area (Å²) < 4.78 is 96.7. The maximum absolute atomic E-state index is 13.3. The Morgan fingerprint density at radius 3 is 1.61 bits per heavy atom. The van der Waals surface area contributed by atoms with Gasteiger partial charge in [-0.2, -0.15) is 13.2 Å². The van der Waals surface area contributed by atoms with Crippen LogP contribution in [0.2, 0.25) is 0 Å². The Balaban J connectivity index is 0.000000167. The molecule has 2 amide bonds. The van der Waals surface area contributed by atoms with Gasteiger partial charge in [0.15, 0.2) is 22.6 Å². The van der Waals surface area contributed by atoms with Crippen LogP contribution in [0.3, 0.4) is 0 Å². The fourth-order valence-electron chi connectivity index (χ4n) is 8.66. The average molecular weight is 916 g/mol. The van der Waals surface area contributed by atoms with Crippen LogP contribution in [0.15, 0.2) is 108 Å². The summed E-state index contributed by atoms with van der Waals surface area (Å²) in [5.74, 6) is 0.529. The number of aromatic nitrogens is 8. The molecule has 8 heterocycles. The normalized spacial score (nSPS) is 19.5. The molecule has 21 heteroatoms. The second kappa shape index (κ2) is 16.0. The van der Waals surface area contributed by atoms with Crippen molar-refractivity contribution in [2.24, 2.45) is 11.8 Å². The highest BCUT2D eigenvalue weighted by Crippen LogP contribution is 2.35. The summed E-state index contributed by atoms with van der Waals surface area (Å²) >= 11 is 0. The lowest BCUT2D eigenvalue weighted by Gasteiger charge is -2.18. The Kier molecular flexibility index (Phi) is 10.8. The summed E-state index contributed by atoms with van der Waals surface area (Å²) in [5, 5.41) is 5.34. The molecule has 2 aliphatic heterocycles. The van der Waals surface area contributed by atoms with E-state index in [0.29, 0.717) is 28.6 Å². The van der Waals surface area contributed by atoms with Crippen molar-refractivity contribution >= 4 is 59.7 Å². The van der Waals surface area contributed by atoms with Gasteiger partial charge >= 0.3 is 12.2 Å². The number of nitrogens with one attached hydrogen (secondary N) is 2. The van der Waals surface area contributed by atoms with Crippen LogP contribution in [0.5, 0.6) is 0 Å². The first-order valence-electron chi connectivity index (χ1n) is 20.5. The number of rotatable bonds is 7. The Morgan fingerprint density at radius 1 is 0.672 bits per heavy atom. The lowest BCUT2D eigenvalue weighted by Crippen LogP contribution is -2.42. The molecule has 16 nitrogen and oxygen atoms in total. The second-order valence-electron chi connectivity index (χ2n) is 16.6. The van der Waals surface area contributed by atoms with Gasteiger partial charge < -0.3 is 15.5 Å². The van der Waals surface area contributed by atoms with Crippen LogP contribution in [0.25, 0.3) is 33.6 Å². The number of hydrogen-bond donors (Lipinski definition) is 2. The molecule has 334 valence electrons. The number of benzene rings is 2.